The van der Waals surface area contributed by atoms with Crippen molar-refractivity contribution in [1.82, 2.24) is 15.5 Å². The van der Waals surface area contributed by atoms with Crippen molar-refractivity contribution >= 4 is 28.8 Å². The van der Waals surface area contributed by atoms with Crippen LogP contribution in [0.15, 0.2) is 18.2 Å². The first kappa shape index (κ1) is 18.2. The van der Waals surface area contributed by atoms with E-state index in [4.69, 9.17) is 22.7 Å². The highest BCUT2D eigenvalue weighted by Crippen LogP contribution is 2.22. The number of ether oxygens (including phenoxy) is 1. The molecule has 136 valence electrons. The normalized spacial score (nSPS) is 27.6. The van der Waals surface area contributed by atoms with Gasteiger partial charge in [0.05, 0.1) is 24.4 Å². The van der Waals surface area contributed by atoms with Gasteiger partial charge >= 0.3 is 0 Å². The maximum Gasteiger partial charge on any atom is 0.235 e. The largest absolute Gasteiger partial charge is 0.379 e. The Bertz CT molecular complexity index is 642. The lowest BCUT2D eigenvalue weighted by atomic mass is 10.0. The van der Waals surface area contributed by atoms with E-state index in [9.17, 15) is 4.79 Å². The van der Waals surface area contributed by atoms with Crippen LogP contribution in [0, 0.1) is 19.8 Å². The molecule has 3 rings (SSSR count). The van der Waals surface area contributed by atoms with Gasteiger partial charge in [-0.25, -0.2) is 0 Å². The first-order valence-electron chi connectivity index (χ1n) is 8.48. The van der Waals surface area contributed by atoms with Gasteiger partial charge in [-0.15, -0.1) is 0 Å². The average Bonchev–Trinajstić information content (AvgIpc) is 2.58. The molecule has 2 saturated heterocycles. The standard InChI is InChI=1S/C17H25N5O2S/c1-10-4-3-5-11(2)13(10)19-16(25)12-14(18)20-17(21-15(12)23)22-6-8-24-9-7-22/h3-5,12,14,17,20H,6-9,18H2,1-2H3,(H,19,25)(H,21,23). The highest BCUT2D eigenvalue weighted by molar-refractivity contribution is 7.80. The number of rotatable bonds is 3. The van der Waals surface area contributed by atoms with Gasteiger partial charge in [-0.2, -0.15) is 0 Å². The van der Waals surface area contributed by atoms with Crippen molar-refractivity contribution in [3.05, 3.63) is 29.3 Å². The van der Waals surface area contributed by atoms with Crippen LogP contribution < -0.4 is 21.7 Å². The van der Waals surface area contributed by atoms with E-state index >= 15 is 0 Å². The number of nitrogens with two attached hydrogens (primary N) is 1. The number of thiocarbonyl (C=S) groups is 1. The number of aryl methyl sites for hydroxylation is 2. The van der Waals surface area contributed by atoms with Crippen LogP contribution in [0.4, 0.5) is 5.69 Å². The number of hydrogen-bond donors (Lipinski definition) is 4. The molecule has 2 aliphatic heterocycles. The van der Waals surface area contributed by atoms with Gasteiger partial charge in [0, 0.05) is 18.8 Å². The van der Waals surface area contributed by atoms with Crippen LogP contribution in [-0.4, -0.2) is 54.6 Å². The Morgan fingerprint density at radius 3 is 2.56 bits per heavy atom. The second-order valence-electron chi connectivity index (χ2n) is 6.49. The number of amides is 1. The van der Waals surface area contributed by atoms with Crippen molar-refractivity contribution < 1.29 is 9.53 Å². The molecule has 3 unspecified atom stereocenters. The molecule has 5 N–H and O–H groups in total. The molecular formula is C17H25N5O2S. The van der Waals surface area contributed by atoms with Crippen molar-refractivity contribution in [2.75, 3.05) is 31.6 Å². The molecule has 1 aromatic carbocycles. The van der Waals surface area contributed by atoms with Crippen LogP contribution in [0.3, 0.4) is 0 Å². The van der Waals surface area contributed by atoms with Gasteiger partial charge in [-0.3, -0.25) is 15.0 Å². The van der Waals surface area contributed by atoms with E-state index in [0.29, 0.717) is 18.2 Å². The van der Waals surface area contributed by atoms with Gasteiger partial charge in [-0.05, 0) is 25.0 Å². The summed E-state index contributed by atoms with van der Waals surface area (Å²) in [5, 5.41) is 9.45. The quantitative estimate of drug-likeness (QED) is 0.573. The molecule has 7 nitrogen and oxygen atoms in total. The molecule has 0 bridgehead atoms. The summed E-state index contributed by atoms with van der Waals surface area (Å²) in [6.45, 7) is 6.82. The molecule has 1 amide bonds. The second-order valence-corrected chi connectivity index (χ2v) is 6.93. The monoisotopic (exact) mass is 363 g/mol. The number of carbonyl (C=O) groups is 1. The number of carbonyl (C=O) groups excluding carboxylic acids is 1. The zero-order valence-electron chi connectivity index (χ0n) is 14.5. The Hall–Kier alpha value is -1.58. The lowest BCUT2D eigenvalue weighted by Gasteiger charge is -2.42. The lowest BCUT2D eigenvalue weighted by Crippen LogP contribution is -2.71. The Balaban J connectivity index is 1.68. The van der Waals surface area contributed by atoms with Crippen molar-refractivity contribution in [3.8, 4) is 0 Å². The minimum atomic E-state index is -0.619. The molecule has 1 aromatic rings. The SMILES string of the molecule is Cc1cccc(C)c1NC(=S)C1C(=O)NC(N2CCOCC2)NC1N. The number of morpholine rings is 1. The number of benzene rings is 1. The first-order valence-corrected chi connectivity index (χ1v) is 8.89. The fourth-order valence-corrected chi connectivity index (χ4v) is 3.59. The van der Waals surface area contributed by atoms with Crippen molar-refractivity contribution in [2.45, 2.75) is 26.3 Å². The summed E-state index contributed by atoms with van der Waals surface area (Å²) in [7, 11) is 0. The van der Waals surface area contributed by atoms with E-state index in [1.165, 1.54) is 0 Å². The van der Waals surface area contributed by atoms with Crippen LogP contribution in [0.2, 0.25) is 0 Å². The molecule has 2 aliphatic rings. The van der Waals surface area contributed by atoms with Gasteiger partial charge in [0.25, 0.3) is 0 Å². The summed E-state index contributed by atoms with van der Waals surface area (Å²) in [4.78, 5) is 15.2. The first-order chi connectivity index (χ1) is 12.0. The zero-order chi connectivity index (χ0) is 18.0. The van der Waals surface area contributed by atoms with E-state index < -0.39 is 12.1 Å². The third kappa shape index (κ3) is 3.99. The summed E-state index contributed by atoms with van der Waals surface area (Å²) < 4.78 is 5.35. The number of anilines is 1. The van der Waals surface area contributed by atoms with Crippen LogP contribution in [0.5, 0.6) is 0 Å². The average molecular weight is 363 g/mol. The fourth-order valence-electron chi connectivity index (χ4n) is 3.23. The molecule has 0 saturated carbocycles. The number of nitrogens with zero attached hydrogens (tertiary/aromatic N) is 1. The Morgan fingerprint density at radius 2 is 1.96 bits per heavy atom. The van der Waals surface area contributed by atoms with Crippen molar-refractivity contribution in [1.29, 1.82) is 0 Å². The van der Waals surface area contributed by atoms with Crippen LogP contribution in [0.25, 0.3) is 0 Å². The highest BCUT2D eigenvalue weighted by Gasteiger charge is 2.39. The Kier molecular flexibility index (Phi) is 5.65. The highest BCUT2D eigenvalue weighted by atomic mass is 32.1. The second kappa shape index (κ2) is 7.76. The maximum atomic E-state index is 12.6. The number of para-hydroxylation sites is 1. The van der Waals surface area contributed by atoms with Crippen molar-refractivity contribution in [2.24, 2.45) is 11.7 Å². The molecular weight excluding hydrogens is 338 g/mol. The van der Waals surface area contributed by atoms with Crippen LogP contribution in [-0.2, 0) is 9.53 Å². The molecule has 2 heterocycles. The fraction of sp³-hybridized carbons (Fsp3) is 0.529. The van der Waals surface area contributed by atoms with Crippen LogP contribution in [0.1, 0.15) is 11.1 Å². The molecule has 0 aliphatic carbocycles. The maximum absolute atomic E-state index is 12.6. The van der Waals surface area contributed by atoms with E-state index in [2.05, 4.69) is 20.9 Å². The summed E-state index contributed by atoms with van der Waals surface area (Å²) in [5.41, 5.74) is 9.32. The van der Waals surface area contributed by atoms with E-state index in [1.807, 2.05) is 32.0 Å². The van der Waals surface area contributed by atoms with Gasteiger partial charge < -0.3 is 21.1 Å². The molecule has 0 aromatic heterocycles. The molecule has 8 heteroatoms. The lowest BCUT2D eigenvalue weighted by molar-refractivity contribution is -0.130. The van der Waals surface area contributed by atoms with Gasteiger partial charge in [0.2, 0.25) is 5.91 Å². The molecule has 3 atom stereocenters. The van der Waals surface area contributed by atoms with Crippen LogP contribution >= 0.6 is 12.2 Å². The summed E-state index contributed by atoms with van der Waals surface area (Å²) >= 11 is 5.50. The summed E-state index contributed by atoms with van der Waals surface area (Å²) in [6.07, 6.45) is -0.837. The summed E-state index contributed by atoms with van der Waals surface area (Å²) in [5.74, 6) is -0.780. The smallest absolute Gasteiger partial charge is 0.235 e. The third-order valence-electron chi connectivity index (χ3n) is 4.69. The minimum absolute atomic E-state index is 0.161. The predicted octanol–water partition coefficient (Wildman–Crippen LogP) is 0.279. The third-order valence-corrected chi connectivity index (χ3v) is 5.05. The zero-order valence-corrected chi connectivity index (χ0v) is 15.4. The minimum Gasteiger partial charge on any atom is -0.379 e. The van der Waals surface area contributed by atoms with E-state index in [-0.39, 0.29) is 12.2 Å². The Morgan fingerprint density at radius 1 is 1.32 bits per heavy atom. The molecule has 0 spiro atoms. The molecule has 2 fully saturated rings. The molecule has 0 radical (unpaired) electrons. The van der Waals surface area contributed by atoms with E-state index in [1.54, 1.807) is 0 Å². The number of hydrogen-bond acceptors (Lipinski definition) is 6. The van der Waals surface area contributed by atoms with E-state index in [0.717, 1.165) is 29.9 Å². The predicted molar refractivity (Wildman–Crippen MR) is 101 cm³/mol. The topological polar surface area (TPSA) is 91.7 Å². The van der Waals surface area contributed by atoms with Crippen molar-refractivity contribution in [3.63, 3.8) is 0 Å². The number of nitrogens with one attached hydrogen (secondary N) is 3. The molecule has 25 heavy (non-hydrogen) atoms. The summed E-state index contributed by atoms with van der Waals surface area (Å²) in [6, 6.07) is 6.00. The van der Waals surface area contributed by atoms with Gasteiger partial charge in [0.15, 0.2) is 0 Å². The van der Waals surface area contributed by atoms with Gasteiger partial charge in [-0.1, -0.05) is 30.4 Å². The Labute approximate surface area is 153 Å². The van der Waals surface area contributed by atoms with Gasteiger partial charge in [0.1, 0.15) is 12.2 Å².